The highest BCUT2D eigenvalue weighted by Gasteiger charge is 2.23. The zero-order valence-corrected chi connectivity index (χ0v) is 9.75. The first-order chi connectivity index (χ1) is 7.04. The fourth-order valence-corrected chi connectivity index (χ4v) is 1.58. The number of nitrogens with one attached hydrogen (secondary N) is 2. The van der Waals surface area contributed by atoms with Crippen LogP contribution in [0.4, 0.5) is 0 Å². The Balaban J connectivity index is 2.45. The number of H-pyrrole nitrogens is 1. The zero-order valence-electron chi connectivity index (χ0n) is 9.75. The second kappa shape index (κ2) is 5.28. The van der Waals surface area contributed by atoms with E-state index in [1.807, 2.05) is 6.20 Å². The molecule has 0 aromatic carbocycles. The molecule has 0 aliphatic rings. The van der Waals surface area contributed by atoms with E-state index < -0.39 is 0 Å². The molecule has 0 radical (unpaired) electrons. The number of rotatable bonds is 5. The minimum atomic E-state index is 0.156. The lowest BCUT2D eigenvalue weighted by atomic mass is 9.85. The van der Waals surface area contributed by atoms with Crippen LogP contribution in [0.15, 0.2) is 12.5 Å². The molecule has 15 heavy (non-hydrogen) atoms. The molecular weight excluding hydrogens is 190 g/mol. The summed E-state index contributed by atoms with van der Waals surface area (Å²) in [6, 6.07) is 0.311. The van der Waals surface area contributed by atoms with Gasteiger partial charge in [0.2, 0.25) is 0 Å². The summed E-state index contributed by atoms with van der Waals surface area (Å²) in [6.45, 7) is 7.51. The molecular formula is C11H21N3O. The van der Waals surface area contributed by atoms with E-state index in [0.29, 0.717) is 6.04 Å². The number of aliphatic hydroxyl groups is 1. The molecule has 1 atom stereocenters. The highest BCUT2D eigenvalue weighted by atomic mass is 16.3. The number of aromatic nitrogens is 2. The molecule has 1 aromatic rings. The lowest BCUT2D eigenvalue weighted by molar-refractivity contribution is 0.196. The summed E-state index contributed by atoms with van der Waals surface area (Å²) >= 11 is 0. The van der Waals surface area contributed by atoms with Gasteiger partial charge in [0.15, 0.2) is 0 Å². The van der Waals surface area contributed by atoms with E-state index in [2.05, 4.69) is 36.1 Å². The van der Waals surface area contributed by atoms with E-state index in [9.17, 15) is 0 Å². The molecule has 0 aliphatic heterocycles. The fourth-order valence-electron chi connectivity index (χ4n) is 1.58. The van der Waals surface area contributed by atoms with Crippen LogP contribution in [0.5, 0.6) is 0 Å². The summed E-state index contributed by atoms with van der Waals surface area (Å²) in [4.78, 5) is 7.01. The first-order valence-corrected chi connectivity index (χ1v) is 5.35. The molecule has 1 aromatic heterocycles. The molecule has 4 nitrogen and oxygen atoms in total. The van der Waals surface area contributed by atoms with E-state index in [0.717, 1.165) is 18.7 Å². The van der Waals surface area contributed by atoms with Crippen LogP contribution in [0.2, 0.25) is 0 Å². The van der Waals surface area contributed by atoms with E-state index in [-0.39, 0.29) is 12.0 Å². The van der Waals surface area contributed by atoms with Gasteiger partial charge in [0.25, 0.3) is 0 Å². The highest BCUT2D eigenvalue weighted by molar-refractivity contribution is 4.94. The second-order valence-electron chi connectivity index (χ2n) is 4.89. The van der Waals surface area contributed by atoms with Gasteiger partial charge in [-0.3, -0.25) is 0 Å². The van der Waals surface area contributed by atoms with Gasteiger partial charge in [-0.05, 0) is 11.8 Å². The first kappa shape index (κ1) is 12.2. The van der Waals surface area contributed by atoms with Crippen molar-refractivity contribution >= 4 is 0 Å². The Morgan fingerprint density at radius 1 is 1.53 bits per heavy atom. The maximum absolute atomic E-state index is 9.00. The highest BCUT2D eigenvalue weighted by Crippen LogP contribution is 2.21. The van der Waals surface area contributed by atoms with Gasteiger partial charge in [0.05, 0.1) is 6.33 Å². The lowest BCUT2D eigenvalue weighted by Gasteiger charge is -2.31. The van der Waals surface area contributed by atoms with Crippen LogP contribution in [0.1, 0.15) is 32.9 Å². The number of aliphatic hydroxyl groups excluding tert-OH is 1. The number of hydrogen-bond acceptors (Lipinski definition) is 3. The molecule has 0 saturated carbocycles. The van der Waals surface area contributed by atoms with Gasteiger partial charge in [-0.25, -0.2) is 4.98 Å². The maximum atomic E-state index is 9.00. The molecule has 0 spiro atoms. The lowest BCUT2D eigenvalue weighted by Crippen LogP contribution is -2.40. The van der Waals surface area contributed by atoms with Crippen LogP contribution in [0, 0.1) is 5.41 Å². The largest absolute Gasteiger partial charge is 0.396 e. The van der Waals surface area contributed by atoms with Crippen molar-refractivity contribution in [3.05, 3.63) is 18.2 Å². The van der Waals surface area contributed by atoms with Crippen LogP contribution >= 0.6 is 0 Å². The Hall–Kier alpha value is -0.870. The van der Waals surface area contributed by atoms with Crippen LogP contribution in [-0.2, 0) is 6.54 Å². The number of aromatic amines is 1. The van der Waals surface area contributed by atoms with E-state index in [1.54, 1.807) is 6.33 Å². The van der Waals surface area contributed by atoms with Crippen LogP contribution in [0.3, 0.4) is 0 Å². The zero-order chi connectivity index (χ0) is 11.3. The van der Waals surface area contributed by atoms with Gasteiger partial charge in [-0.15, -0.1) is 0 Å². The van der Waals surface area contributed by atoms with Crippen molar-refractivity contribution in [2.24, 2.45) is 5.41 Å². The number of nitrogens with zero attached hydrogens (tertiary/aromatic N) is 1. The average molecular weight is 211 g/mol. The SMILES string of the molecule is CC(C)(C)C(CCO)NCc1cnc[nH]1. The molecule has 0 fully saturated rings. The van der Waals surface area contributed by atoms with Crippen molar-refractivity contribution in [1.82, 2.24) is 15.3 Å². The third kappa shape index (κ3) is 4.01. The molecule has 0 saturated heterocycles. The standard InChI is InChI=1S/C11H21N3O/c1-11(2,3)10(4-5-15)13-7-9-6-12-8-14-9/h6,8,10,13,15H,4-5,7H2,1-3H3,(H,12,14). The van der Waals surface area contributed by atoms with Crippen molar-refractivity contribution in [2.75, 3.05) is 6.61 Å². The third-order valence-corrected chi connectivity index (χ3v) is 2.56. The Bertz CT molecular complexity index is 264. The molecule has 3 N–H and O–H groups in total. The molecule has 0 amide bonds. The van der Waals surface area contributed by atoms with Crippen molar-refractivity contribution in [3.63, 3.8) is 0 Å². The normalized spacial score (nSPS) is 14.1. The second-order valence-corrected chi connectivity index (χ2v) is 4.89. The first-order valence-electron chi connectivity index (χ1n) is 5.35. The van der Waals surface area contributed by atoms with Crippen LogP contribution in [0.25, 0.3) is 0 Å². The summed E-state index contributed by atoms with van der Waals surface area (Å²) < 4.78 is 0. The van der Waals surface area contributed by atoms with Gasteiger partial charge < -0.3 is 15.4 Å². The number of hydrogen-bond donors (Lipinski definition) is 3. The monoisotopic (exact) mass is 211 g/mol. The molecule has 4 heteroatoms. The van der Waals surface area contributed by atoms with Gasteiger partial charge in [-0.1, -0.05) is 20.8 Å². The van der Waals surface area contributed by atoms with Gasteiger partial charge >= 0.3 is 0 Å². The van der Waals surface area contributed by atoms with Crippen LogP contribution in [-0.4, -0.2) is 27.7 Å². The van der Waals surface area contributed by atoms with Crippen molar-refractivity contribution in [1.29, 1.82) is 0 Å². The number of imidazole rings is 1. The van der Waals surface area contributed by atoms with E-state index in [1.165, 1.54) is 0 Å². The Morgan fingerprint density at radius 3 is 2.73 bits per heavy atom. The quantitative estimate of drug-likeness (QED) is 0.688. The maximum Gasteiger partial charge on any atom is 0.0922 e. The minimum absolute atomic E-state index is 0.156. The summed E-state index contributed by atoms with van der Waals surface area (Å²) in [5, 5.41) is 12.4. The molecule has 0 aliphatic carbocycles. The summed E-state index contributed by atoms with van der Waals surface area (Å²) in [5.41, 5.74) is 1.23. The molecule has 0 bridgehead atoms. The van der Waals surface area contributed by atoms with Crippen LogP contribution < -0.4 is 5.32 Å². The molecule has 86 valence electrons. The Kier molecular flexibility index (Phi) is 4.29. The molecule has 1 heterocycles. The predicted octanol–water partition coefficient (Wildman–Crippen LogP) is 1.30. The fraction of sp³-hybridized carbons (Fsp3) is 0.727. The molecule has 1 unspecified atom stereocenters. The predicted molar refractivity (Wildman–Crippen MR) is 60.4 cm³/mol. The van der Waals surface area contributed by atoms with Gasteiger partial charge in [-0.2, -0.15) is 0 Å². The minimum Gasteiger partial charge on any atom is -0.396 e. The summed E-state index contributed by atoms with van der Waals surface area (Å²) in [5.74, 6) is 0. The van der Waals surface area contributed by atoms with Crippen molar-refractivity contribution in [2.45, 2.75) is 39.8 Å². The summed E-state index contributed by atoms with van der Waals surface area (Å²) in [6.07, 6.45) is 4.26. The third-order valence-electron chi connectivity index (χ3n) is 2.56. The molecule has 1 rings (SSSR count). The van der Waals surface area contributed by atoms with Crippen molar-refractivity contribution in [3.8, 4) is 0 Å². The topological polar surface area (TPSA) is 60.9 Å². The summed E-state index contributed by atoms with van der Waals surface area (Å²) in [7, 11) is 0. The Morgan fingerprint density at radius 2 is 2.27 bits per heavy atom. The van der Waals surface area contributed by atoms with Gasteiger partial charge in [0.1, 0.15) is 0 Å². The average Bonchev–Trinajstić information content (AvgIpc) is 2.62. The van der Waals surface area contributed by atoms with Gasteiger partial charge in [0, 0.05) is 31.1 Å². The van der Waals surface area contributed by atoms with Crippen molar-refractivity contribution < 1.29 is 5.11 Å². The van der Waals surface area contributed by atoms with E-state index >= 15 is 0 Å². The Labute approximate surface area is 91.1 Å². The smallest absolute Gasteiger partial charge is 0.0922 e. The van der Waals surface area contributed by atoms with E-state index in [4.69, 9.17) is 5.11 Å².